The SMILES string of the molecule is O=C1CCCCN1c1ccc(-c2ccccc2)cc1. The van der Waals surface area contributed by atoms with E-state index in [-0.39, 0.29) is 5.91 Å². The molecule has 1 aliphatic rings. The zero-order chi connectivity index (χ0) is 13.1. The number of benzene rings is 2. The molecule has 0 spiro atoms. The van der Waals surface area contributed by atoms with Crippen LogP contribution in [0.15, 0.2) is 54.6 Å². The largest absolute Gasteiger partial charge is 0.312 e. The topological polar surface area (TPSA) is 20.3 Å². The summed E-state index contributed by atoms with van der Waals surface area (Å²) in [4.78, 5) is 13.8. The molecule has 1 saturated heterocycles. The Kier molecular flexibility index (Phi) is 3.32. The summed E-state index contributed by atoms with van der Waals surface area (Å²) in [5.41, 5.74) is 3.41. The lowest BCUT2D eigenvalue weighted by Crippen LogP contribution is -2.35. The molecule has 0 aromatic heterocycles. The van der Waals surface area contributed by atoms with E-state index in [4.69, 9.17) is 0 Å². The molecule has 1 amide bonds. The molecule has 2 aromatic carbocycles. The number of carbonyl (C=O) groups is 1. The standard InChI is InChI=1S/C17H17NO/c19-17-8-4-5-13-18(17)16-11-9-15(10-12-16)14-6-2-1-3-7-14/h1-3,6-7,9-12H,4-5,8,13H2. The van der Waals surface area contributed by atoms with Gasteiger partial charge in [0.25, 0.3) is 0 Å². The van der Waals surface area contributed by atoms with Crippen LogP contribution in [0.3, 0.4) is 0 Å². The first kappa shape index (κ1) is 12.0. The minimum atomic E-state index is 0.249. The Balaban J connectivity index is 1.85. The van der Waals surface area contributed by atoms with Gasteiger partial charge >= 0.3 is 0 Å². The van der Waals surface area contributed by atoms with Crippen molar-refractivity contribution in [3.05, 3.63) is 54.6 Å². The minimum absolute atomic E-state index is 0.249. The van der Waals surface area contributed by atoms with Crippen molar-refractivity contribution in [2.45, 2.75) is 19.3 Å². The van der Waals surface area contributed by atoms with Gasteiger partial charge in [0.2, 0.25) is 5.91 Å². The molecule has 2 heteroatoms. The fourth-order valence-corrected chi connectivity index (χ4v) is 2.54. The van der Waals surface area contributed by atoms with Gasteiger partial charge in [-0.3, -0.25) is 4.79 Å². The van der Waals surface area contributed by atoms with Crippen LogP contribution in [-0.4, -0.2) is 12.5 Å². The molecule has 2 aromatic rings. The van der Waals surface area contributed by atoms with E-state index in [1.54, 1.807) is 0 Å². The van der Waals surface area contributed by atoms with Crippen molar-refractivity contribution in [2.75, 3.05) is 11.4 Å². The highest BCUT2D eigenvalue weighted by molar-refractivity contribution is 5.94. The van der Waals surface area contributed by atoms with Gasteiger partial charge in [0.15, 0.2) is 0 Å². The van der Waals surface area contributed by atoms with E-state index >= 15 is 0 Å². The summed E-state index contributed by atoms with van der Waals surface area (Å²) in [5, 5.41) is 0. The van der Waals surface area contributed by atoms with Gasteiger partial charge in [-0.2, -0.15) is 0 Å². The molecule has 0 atom stereocenters. The smallest absolute Gasteiger partial charge is 0.226 e. The van der Waals surface area contributed by atoms with Crippen LogP contribution in [0.25, 0.3) is 11.1 Å². The minimum Gasteiger partial charge on any atom is -0.312 e. The Morgan fingerprint density at radius 1 is 0.789 bits per heavy atom. The van der Waals surface area contributed by atoms with Crippen LogP contribution in [0.2, 0.25) is 0 Å². The number of piperidine rings is 1. The number of hydrogen-bond acceptors (Lipinski definition) is 1. The summed E-state index contributed by atoms with van der Waals surface area (Å²) >= 11 is 0. The summed E-state index contributed by atoms with van der Waals surface area (Å²) in [6.45, 7) is 0.851. The van der Waals surface area contributed by atoms with E-state index in [9.17, 15) is 4.79 Å². The van der Waals surface area contributed by atoms with Gasteiger partial charge in [-0.1, -0.05) is 42.5 Å². The van der Waals surface area contributed by atoms with Crippen molar-refractivity contribution in [1.29, 1.82) is 0 Å². The summed E-state index contributed by atoms with van der Waals surface area (Å²) in [6.07, 6.45) is 2.81. The Bertz CT molecular complexity index is 560. The lowest BCUT2D eigenvalue weighted by Gasteiger charge is -2.26. The Morgan fingerprint density at radius 3 is 2.16 bits per heavy atom. The van der Waals surface area contributed by atoms with Crippen molar-refractivity contribution < 1.29 is 4.79 Å². The molecule has 2 nitrogen and oxygen atoms in total. The Labute approximate surface area is 113 Å². The zero-order valence-corrected chi connectivity index (χ0v) is 10.9. The van der Waals surface area contributed by atoms with E-state index in [1.807, 2.05) is 35.2 Å². The molecule has 0 N–H and O–H groups in total. The summed E-state index contributed by atoms with van der Waals surface area (Å²) < 4.78 is 0. The quantitative estimate of drug-likeness (QED) is 0.793. The number of hydrogen-bond donors (Lipinski definition) is 0. The highest BCUT2D eigenvalue weighted by Crippen LogP contribution is 2.25. The fraction of sp³-hybridized carbons (Fsp3) is 0.235. The molecular weight excluding hydrogens is 234 g/mol. The molecule has 3 rings (SSSR count). The maximum Gasteiger partial charge on any atom is 0.226 e. The van der Waals surface area contributed by atoms with Crippen LogP contribution in [0.1, 0.15) is 19.3 Å². The molecule has 0 saturated carbocycles. The first-order chi connectivity index (χ1) is 9.34. The Morgan fingerprint density at radius 2 is 1.47 bits per heavy atom. The molecule has 0 unspecified atom stereocenters. The summed E-state index contributed by atoms with van der Waals surface area (Å²) in [6, 6.07) is 18.6. The maximum absolute atomic E-state index is 11.9. The first-order valence-electron chi connectivity index (χ1n) is 6.80. The molecule has 1 heterocycles. The predicted molar refractivity (Wildman–Crippen MR) is 78.1 cm³/mol. The second-order valence-electron chi connectivity index (χ2n) is 4.92. The molecule has 1 aliphatic heterocycles. The zero-order valence-electron chi connectivity index (χ0n) is 10.9. The van der Waals surface area contributed by atoms with Crippen LogP contribution in [0.4, 0.5) is 5.69 Å². The normalized spacial score (nSPS) is 15.6. The van der Waals surface area contributed by atoms with Gasteiger partial charge in [-0.05, 0) is 36.1 Å². The van der Waals surface area contributed by atoms with Crippen LogP contribution in [-0.2, 0) is 4.79 Å². The van der Waals surface area contributed by atoms with Crippen molar-refractivity contribution >= 4 is 11.6 Å². The van der Waals surface area contributed by atoms with Crippen LogP contribution < -0.4 is 4.90 Å². The number of carbonyl (C=O) groups excluding carboxylic acids is 1. The Hall–Kier alpha value is -2.09. The van der Waals surface area contributed by atoms with Crippen LogP contribution in [0.5, 0.6) is 0 Å². The van der Waals surface area contributed by atoms with E-state index in [1.165, 1.54) is 11.1 Å². The van der Waals surface area contributed by atoms with Gasteiger partial charge < -0.3 is 4.90 Å². The first-order valence-corrected chi connectivity index (χ1v) is 6.80. The van der Waals surface area contributed by atoms with E-state index in [2.05, 4.69) is 24.3 Å². The highest BCUT2D eigenvalue weighted by atomic mass is 16.2. The molecular formula is C17H17NO. The van der Waals surface area contributed by atoms with Gasteiger partial charge in [-0.25, -0.2) is 0 Å². The van der Waals surface area contributed by atoms with E-state index in [0.717, 1.165) is 25.1 Å². The van der Waals surface area contributed by atoms with E-state index in [0.29, 0.717) is 6.42 Å². The lowest BCUT2D eigenvalue weighted by atomic mass is 10.0. The molecule has 19 heavy (non-hydrogen) atoms. The van der Waals surface area contributed by atoms with Crippen molar-refractivity contribution in [3.63, 3.8) is 0 Å². The van der Waals surface area contributed by atoms with Gasteiger partial charge in [-0.15, -0.1) is 0 Å². The third-order valence-corrected chi connectivity index (χ3v) is 3.61. The lowest BCUT2D eigenvalue weighted by molar-refractivity contribution is -0.119. The average Bonchev–Trinajstić information content (AvgIpc) is 2.49. The van der Waals surface area contributed by atoms with Crippen LogP contribution in [0, 0.1) is 0 Å². The highest BCUT2D eigenvalue weighted by Gasteiger charge is 2.19. The molecule has 1 fully saturated rings. The van der Waals surface area contributed by atoms with Gasteiger partial charge in [0.1, 0.15) is 0 Å². The molecule has 96 valence electrons. The predicted octanol–water partition coefficient (Wildman–Crippen LogP) is 3.87. The van der Waals surface area contributed by atoms with Gasteiger partial charge in [0, 0.05) is 18.7 Å². The van der Waals surface area contributed by atoms with E-state index < -0.39 is 0 Å². The maximum atomic E-state index is 11.9. The van der Waals surface area contributed by atoms with Crippen molar-refractivity contribution in [1.82, 2.24) is 0 Å². The van der Waals surface area contributed by atoms with Crippen molar-refractivity contribution in [3.8, 4) is 11.1 Å². The van der Waals surface area contributed by atoms with Crippen LogP contribution >= 0.6 is 0 Å². The second kappa shape index (κ2) is 5.27. The van der Waals surface area contributed by atoms with Gasteiger partial charge in [0.05, 0.1) is 0 Å². The monoisotopic (exact) mass is 251 g/mol. The third kappa shape index (κ3) is 2.53. The second-order valence-corrected chi connectivity index (χ2v) is 4.92. The number of anilines is 1. The summed E-state index contributed by atoms with van der Waals surface area (Å²) in [7, 11) is 0. The average molecular weight is 251 g/mol. The third-order valence-electron chi connectivity index (χ3n) is 3.61. The number of rotatable bonds is 2. The molecule has 0 bridgehead atoms. The molecule has 0 aliphatic carbocycles. The van der Waals surface area contributed by atoms with Crippen molar-refractivity contribution in [2.24, 2.45) is 0 Å². The summed E-state index contributed by atoms with van der Waals surface area (Å²) in [5.74, 6) is 0.249. The number of amides is 1. The molecule has 0 radical (unpaired) electrons. The fourth-order valence-electron chi connectivity index (χ4n) is 2.54. The number of nitrogens with zero attached hydrogens (tertiary/aromatic N) is 1.